The van der Waals surface area contributed by atoms with E-state index in [2.05, 4.69) is 10.9 Å². The van der Waals surface area contributed by atoms with Gasteiger partial charge in [0.05, 0.1) is 25.9 Å². The molecule has 2 aromatic rings. The van der Waals surface area contributed by atoms with Crippen LogP contribution in [0.1, 0.15) is 27.5 Å². The smallest absolute Gasteiger partial charge is 0.339 e. The maximum atomic E-state index is 11.4. The van der Waals surface area contributed by atoms with Crippen LogP contribution >= 0.6 is 0 Å². The molecule has 0 aliphatic carbocycles. The fourth-order valence-electron chi connectivity index (χ4n) is 2.70. The van der Waals surface area contributed by atoms with Gasteiger partial charge in [0.1, 0.15) is 17.1 Å². The summed E-state index contributed by atoms with van der Waals surface area (Å²) in [6, 6.07) is 10.7. The SMILES string of the molecule is COc1ccc(/C=C/C2NNc3ccc(C(=O)O)c(OC)c32)cc1. The molecule has 3 rings (SSSR count). The van der Waals surface area contributed by atoms with E-state index < -0.39 is 5.97 Å². The van der Waals surface area contributed by atoms with Crippen LogP contribution in [-0.4, -0.2) is 25.3 Å². The van der Waals surface area contributed by atoms with Gasteiger partial charge in [-0.15, -0.1) is 0 Å². The summed E-state index contributed by atoms with van der Waals surface area (Å²) in [6.45, 7) is 0. The number of carbonyl (C=O) groups is 1. The molecule has 1 atom stereocenters. The van der Waals surface area contributed by atoms with Gasteiger partial charge < -0.3 is 20.0 Å². The summed E-state index contributed by atoms with van der Waals surface area (Å²) in [5.41, 5.74) is 8.92. The molecule has 1 aliphatic heterocycles. The van der Waals surface area contributed by atoms with Gasteiger partial charge in [0.25, 0.3) is 0 Å². The van der Waals surface area contributed by atoms with Gasteiger partial charge in [-0.05, 0) is 29.8 Å². The Labute approximate surface area is 139 Å². The first kappa shape index (κ1) is 15.9. The third kappa shape index (κ3) is 2.91. The van der Waals surface area contributed by atoms with Crippen molar-refractivity contribution in [2.24, 2.45) is 0 Å². The van der Waals surface area contributed by atoms with Crippen molar-refractivity contribution < 1.29 is 19.4 Å². The minimum Gasteiger partial charge on any atom is -0.497 e. The van der Waals surface area contributed by atoms with Crippen molar-refractivity contribution in [3.63, 3.8) is 0 Å². The molecule has 0 fully saturated rings. The quantitative estimate of drug-likeness (QED) is 0.783. The summed E-state index contributed by atoms with van der Waals surface area (Å²) in [5, 5.41) is 9.32. The Hall–Kier alpha value is -2.99. The van der Waals surface area contributed by atoms with E-state index in [1.54, 1.807) is 13.2 Å². The van der Waals surface area contributed by atoms with Crippen molar-refractivity contribution >= 4 is 17.7 Å². The first-order valence-electron chi connectivity index (χ1n) is 7.42. The summed E-state index contributed by atoms with van der Waals surface area (Å²) in [6.07, 6.45) is 3.91. The van der Waals surface area contributed by atoms with E-state index in [1.165, 1.54) is 13.2 Å². The number of aromatic carboxylic acids is 1. The van der Waals surface area contributed by atoms with Gasteiger partial charge in [-0.25, -0.2) is 10.2 Å². The molecular weight excluding hydrogens is 308 g/mol. The Bertz CT molecular complexity index is 784. The lowest BCUT2D eigenvalue weighted by atomic mass is 10.0. The Balaban J connectivity index is 1.91. The van der Waals surface area contributed by atoms with Crippen molar-refractivity contribution in [3.05, 3.63) is 59.2 Å². The number of hydrogen-bond donors (Lipinski definition) is 3. The standard InChI is InChI=1S/C18H18N2O4/c1-23-12-6-3-11(4-7-12)5-9-14-16-15(20-19-14)10-8-13(18(21)22)17(16)24-2/h3-10,14,19-20H,1-2H3,(H,21,22)/b9-5+. The van der Waals surface area contributed by atoms with Crippen molar-refractivity contribution in [2.45, 2.75) is 6.04 Å². The maximum absolute atomic E-state index is 11.4. The monoisotopic (exact) mass is 326 g/mol. The molecule has 6 heteroatoms. The average Bonchev–Trinajstić information content (AvgIpc) is 3.02. The number of rotatable bonds is 5. The summed E-state index contributed by atoms with van der Waals surface area (Å²) < 4.78 is 10.5. The molecule has 0 bridgehead atoms. The van der Waals surface area contributed by atoms with Crippen LogP contribution in [-0.2, 0) is 0 Å². The van der Waals surface area contributed by atoms with Crippen LogP contribution in [0.2, 0.25) is 0 Å². The molecule has 3 N–H and O–H groups in total. The molecule has 0 saturated carbocycles. The number of ether oxygens (including phenoxy) is 2. The summed E-state index contributed by atoms with van der Waals surface area (Å²) >= 11 is 0. The Kier molecular flexibility index (Phi) is 4.39. The molecule has 0 aromatic heterocycles. The van der Waals surface area contributed by atoms with Gasteiger partial charge in [-0.1, -0.05) is 24.3 Å². The summed E-state index contributed by atoms with van der Waals surface area (Å²) in [5.74, 6) is 0.146. The van der Waals surface area contributed by atoms with Crippen molar-refractivity contribution in [1.82, 2.24) is 5.43 Å². The lowest BCUT2D eigenvalue weighted by Gasteiger charge is -2.12. The predicted molar refractivity (Wildman–Crippen MR) is 91.5 cm³/mol. The third-order valence-corrected chi connectivity index (χ3v) is 3.90. The fourth-order valence-corrected chi connectivity index (χ4v) is 2.70. The second-order valence-electron chi connectivity index (χ2n) is 5.29. The van der Waals surface area contributed by atoms with Crippen LogP contribution in [0.3, 0.4) is 0 Å². The third-order valence-electron chi connectivity index (χ3n) is 3.90. The van der Waals surface area contributed by atoms with Gasteiger partial charge in [-0.2, -0.15) is 0 Å². The van der Waals surface area contributed by atoms with E-state index in [4.69, 9.17) is 9.47 Å². The highest BCUT2D eigenvalue weighted by molar-refractivity contribution is 5.93. The number of methoxy groups -OCH3 is 2. The molecule has 24 heavy (non-hydrogen) atoms. The van der Waals surface area contributed by atoms with E-state index in [1.807, 2.05) is 36.4 Å². The molecule has 6 nitrogen and oxygen atoms in total. The predicted octanol–water partition coefficient (Wildman–Crippen LogP) is 3.09. The van der Waals surface area contributed by atoms with Gasteiger partial charge in [0, 0.05) is 5.56 Å². The number of carboxylic acids is 1. The zero-order chi connectivity index (χ0) is 17.1. The normalized spacial score (nSPS) is 15.8. The van der Waals surface area contributed by atoms with Crippen LogP contribution in [0.25, 0.3) is 6.08 Å². The van der Waals surface area contributed by atoms with Gasteiger partial charge in [0.2, 0.25) is 0 Å². The average molecular weight is 326 g/mol. The maximum Gasteiger partial charge on any atom is 0.339 e. The first-order valence-corrected chi connectivity index (χ1v) is 7.42. The fraction of sp³-hybridized carbons (Fsp3) is 0.167. The van der Waals surface area contributed by atoms with E-state index >= 15 is 0 Å². The van der Waals surface area contributed by atoms with Crippen molar-refractivity contribution in [3.8, 4) is 11.5 Å². The molecular formula is C18H18N2O4. The van der Waals surface area contributed by atoms with Gasteiger partial charge >= 0.3 is 5.97 Å². The molecule has 0 spiro atoms. The Morgan fingerprint density at radius 1 is 1.12 bits per heavy atom. The lowest BCUT2D eigenvalue weighted by Crippen LogP contribution is -2.17. The van der Waals surface area contributed by atoms with Crippen molar-refractivity contribution in [1.29, 1.82) is 0 Å². The zero-order valence-corrected chi connectivity index (χ0v) is 13.4. The lowest BCUT2D eigenvalue weighted by molar-refractivity contribution is 0.0693. The van der Waals surface area contributed by atoms with E-state index in [0.717, 1.165) is 22.6 Å². The summed E-state index contributed by atoms with van der Waals surface area (Å²) in [7, 11) is 3.10. The summed E-state index contributed by atoms with van der Waals surface area (Å²) in [4.78, 5) is 11.4. The van der Waals surface area contributed by atoms with Gasteiger partial charge in [0.15, 0.2) is 0 Å². The first-order chi connectivity index (χ1) is 11.6. The number of carboxylic acid groups (broad SMARTS) is 1. The van der Waals surface area contributed by atoms with Crippen LogP contribution in [0, 0.1) is 0 Å². The van der Waals surface area contributed by atoms with E-state index in [0.29, 0.717) is 5.75 Å². The number of nitrogens with one attached hydrogen (secondary N) is 2. The number of hydrazine groups is 1. The van der Waals surface area contributed by atoms with Crippen LogP contribution < -0.4 is 20.3 Å². The number of hydrogen-bond acceptors (Lipinski definition) is 5. The molecule has 1 aliphatic rings. The molecule has 0 saturated heterocycles. The van der Waals surface area contributed by atoms with E-state index in [9.17, 15) is 9.90 Å². The molecule has 0 radical (unpaired) electrons. The Morgan fingerprint density at radius 2 is 1.88 bits per heavy atom. The molecule has 124 valence electrons. The van der Waals surface area contributed by atoms with Crippen LogP contribution in [0.15, 0.2) is 42.5 Å². The molecule has 1 heterocycles. The van der Waals surface area contributed by atoms with Crippen LogP contribution in [0.5, 0.6) is 11.5 Å². The number of fused-ring (bicyclic) bond motifs is 1. The second kappa shape index (κ2) is 6.64. The topological polar surface area (TPSA) is 79.8 Å². The molecule has 0 amide bonds. The highest BCUT2D eigenvalue weighted by Gasteiger charge is 2.27. The number of benzene rings is 2. The zero-order valence-electron chi connectivity index (χ0n) is 13.4. The highest BCUT2D eigenvalue weighted by Crippen LogP contribution is 2.39. The van der Waals surface area contributed by atoms with Gasteiger partial charge in [-0.3, -0.25) is 0 Å². The minimum absolute atomic E-state index is 0.143. The van der Waals surface area contributed by atoms with E-state index in [-0.39, 0.29) is 11.6 Å². The molecule has 2 aromatic carbocycles. The second-order valence-corrected chi connectivity index (χ2v) is 5.29. The Morgan fingerprint density at radius 3 is 2.50 bits per heavy atom. The van der Waals surface area contributed by atoms with Crippen LogP contribution in [0.4, 0.5) is 5.69 Å². The van der Waals surface area contributed by atoms with Crippen molar-refractivity contribution in [2.75, 3.05) is 19.6 Å². The minimum atomic E-state index is -1.01. The number of anilines is 1. The molecule has 1 unspecified atom stereocenters. The largest absolute Gasteiger partial charge is 0.497 e. The highest BCUT2D eigenvalue weighted by atomic mass is 16.5.